The van der Waals surface area contributed by atoms with Crippen LogP contribution in [0.4, 0.5) is 5.13 Å². The molecule has 1 aromatic rings. The van der Waals surface area contributed by atoms with E-state index in [0.29, 0.717) is 23.8 Å². The zero-order chi connectivity index (χ0) is 13.8. The highest BCUT2D eigenvalue weighted by Gasteiger charge is 2.32. The van der Waals surface area contributed by atoms with E-state index in [1.807, 2.05) is 5.38 Å². The molecule has 20 heavy (non-hydrogen) atoms. The Kier molecular flexibility index (Phi) is 4.65. The highest BCUT2D eigenvalue weighted by molar-refractivity contribution is 7.13. The number of anilines is 1. The molecular weight excluding hydrogens is 272 g/mol. The van der Waals surface area contributed by atoms with Crippen LogP contribution in [0.1, 0.15) is 32.1 Å². The molecule has 2 heterocycles. The van der Waals surface area contributed by atoms with Gasteiger partial charge in [-0.2, -0.15) is 0 Å². The van der Waals surface area contributed by atoms with Crippen LogP contribution in [-0.4, -0.2) is 47.5 Å². The van der Waals surface area contributed by atoms with Crippen molar-refractivity contribution < 1.29 is 4.79 Å². The standard InChI is InChI=1S/C14H22N4OS/c19-13(17-14-16-7-8-20-14)10-18(12-4-5-12)9-11-3-1-2-6-15-11/h7-8,11-12,15H,1-6,9-10H2,(H,16,17,19). The second-order valence-corrected chi connectivity index (χ2v) is 6.59. The quantitative estimate of drug-likeness (QED) is 0.838. The van der Waals surface area contributed by atoms with Crippen molar-refractivity contribution in [1.29, 1.82) is 0 Å². The summed E-state index contributed by atoms with van der Waals surface area (Å²) in [6.07, 6.45) is 8.00. The number of hydrogen-bond donors (Lipinski definition) is 2. The predicted octanol–water partition coefficient (Wildman–Crippen LogP) is 1.69. The first-order valence-electron chi connectivity index (χ1n) is 7.48. The Morgan fingerprint density at radius 2 is 2.35 bits per heavy atom. The summed E-state index contributed by atoms with van der Waals surface area (Å²) >= 11 is 1.46. The highest BCUT2D eigenvalue weighted by Crippen LogP contribution is 2.27. The molecule has 2 aliphatic rings. The molecule has 2 fully saturated rings. The fourth-order valence-corrected chi connectivity index (χ4v) is 3.32. The molecule has 1 aliphatic carbocycles. The van der Waals surface area contributed by atoms with E-state index >= 15 is 0 Å². The zero-order valence-corrected chi connectivity index (χ0v) is 12.5. The maximum absolute atomic E-state index is 12.1. The Balaban J connectivity index is 1.50. The van der Waals surface area contributed by atoms with Crippen molar-refractivity contribution in [2.45, 2.75) is 44.2 Å². The first-order chi connectivity index (χ1) is 9.81. The van der Waals surface area contributed by atoms with E-state index in [1.54, 1.807) is 6.20 Å². The molecule has 3 rings (SSSR count). The Morgan fingerprint density at radius 3 is 3.00 bits per heavy atom. The van der Waals surface area contributed by atoms with Gasteiger partial charge < -0.3 is 10.6 Å². The van der Waals surface area contributed by atoms with Crippen LogP contribution >= 0.6 is 11.3 Å². The van der Waals surface area contributed by atoms with Crippen LogP contribution in [-0.2, 0) is 4.79 Å². The van der Waals surface area contributed by atoms with Gasteiger partial charge in [0.05, 0.1) is 6.54 Å². The second kappa shape index (κ2) is 6.65. The van der Waals surface area contributed by atoms with Crippen LogP contribution in [0.25, 0.3) is 0 Å². The number of carbonyl (C=O) groups excluding carboxylic acids is 1. The Morgan fingerprint density at radius 1 is 1.45 bits per heavy atom. The number of carbonyl (C=O) groups is 1. The maximum atomic E-state index is 12.1. The molecule has 110 valence electrons. The Bertz CT molecular complexity index is 426. The summed E-state index contributed by atoms with van der Waals surface area (Å²) in [5, 5.41) is 9.02. The molecule has 0 spiro atoms. The van der Waals surface area contributed by atoms with E-state index in [-0.39, 0.29) is 5.91 Å². The highest BCUT2D eigenvalue weighted by atomic mass is 32.1. The molecule has 1 saturated heterocycles. The number of nitrogens with zero attached hydrogens (tertiary/aromatic N) is 2. The van der Waals surface area contributed by atoms with Crippen molar-refractivity contribution in [3.05, 3.63) is 11.6 Å². The molecule has 6 heteroatoms. The number of thiazole rings is 1. The molecule has 1 amide bonds. The summed E-state index contributed by atoms with van der Waals surface area (Å²) in [5.74, 6) is 0.0580. The van der Waals surface area contributed by atoms with Gasteiger partial charge in [-0.25, -0.2) is 4.98 Å². The summed E-state index contributed by atoms with van der Waals surface area (Å²) in [5.41, 5.74) is 0. The van der Waals surface area contributed by atoms with Crippen molar-refractivity contribution in [3.8, 4) is 0 Å². The van der Waals surface area contributed by atoms with Crippen LogP contribution in [0.2, 0.25) is 0 Å². The first-order valence-corrected chi connectivity index (χ1v) is 8.36. The van der Waals surface area contributed by atoms with Gasteiger partial charge in [0.25, 0.3) is 0 Å². The van der Waals surface area contributed by atoms with Crippen molar-refractivity contribution in [2.24, 2.45) is 0 Å². The predicted molar refractivity (Wildman–Crippen MR) is 81.0 cm³/mol. The Hall–Kier alpha value is -0.980. The summed E-state index contributed by atoms with van der Waals surface area (Å²) in [7, 11) is 0. The van der Waals surface area contributed by atoms with Gasteiger partial charge in [0, 0.05) is 30.2 Å². The lowest BCUT2D eigenvalue weighted by molar-refractivity contribution is -0.117. The van der Waals surface area contributed by atoms with Crippen molar-refractivity contribution in [2.75, 3.05) is 25.0 Å². The number of rotatable bonds is 6. The molecule has 1 atom stereocenters. The number of hydrogen-bond acceptors (Lipinski definition) is 5. The molecular formula is C14H22N4OS. The summed E-state index contributed by atoms with van der Waals surface area (Å²) in [6.45, 7) is 2.60. The minimum absolute atomic E-state index is 0.0580. The van der Waals surface area contributed by atoms with E-state index in [4.69, 9.17) is 0 Å². The van der Waals surface area contributed by atoms with Crippen LogP contribution < -0.4 is 10.6 Å². The third-order valence-electron chi connectivity index (χ3n) is 3.96. The minimum atomic E-state index is 0.0580. The van der Waals surface area contributed by atoms with Gasteiger partial charge in [-0.1, -0.05) is 6.42 Å². The van der Waals surface area contributed by atoms with E-state index in [0.717, 1.165) is 13.1 Å². The van der Waals surface area contributed by atoms with Crippen molar-refractivity contribution in [1.82, 2.24) is 15.2 Å². The van der Waals surface area contributed by atoms with E-state index in [1.165, 1.54) is 43.4 Å². The number of nitrogens with one attached hydrogen (secondary N) is 2. The maximum Gasteiger partial charge on any atom is 0.240 e. The van der Waals surface area contributed by atoms with Gasteiger partial charge >= 0.3 is 0 Å². The average Bonchev–Trinajstić information content (AvgIpc) is 3.18. The molecule has 5 nitrogen and oxygen atoms in total. The fourth-order valence-electron chi connectivity index (χ4n) is 2.77. The Labute approximate surface area is 123 Å². The number of piperidine rings is 1. The van der Waals surface area contributed by atoms with Gasteiger partial charge in [-0.15, -0.1) is 11.3 Å². The molecule has 1 aromatic heterocycles. The van der Waals surface area contributed by atoms with Gasteiger partial charge in [0.1, 0.15) is 0 Å². The molecule has 1 aliphatic heterocycles. The van der Waals surface area contributed by atoms with Gasteiger partial charge in [-0.3, -0.25) is 9.69 Å². The third-order valence-corrected chi connectivity index (χ3v) is 4.64. The lowest BCUT2D eigenvalue weighted by atomic mass is 10.0. The smallest absolute Gasteiger partial charge is 0.240 e. The lowest BCUT2D eigenvalue weighted by Crippen LogP contribution is -2.46. The fraction of sp³-hybridized carbons (Fsp3) is 0.714. The van der Waals surface area contributed by atoms with Gasteiger partial charge in [0.15, 0.2) is 5.13 Å². The van der Waals surface area contributed by atoms with Crippen molar-refractivity contribution in [3.63, 3.8) is 0 Å². The summed E-state index contributed by atoms with van der Waals surface area (Å²) < 4.78 is 0. The van der Waals surface area contributed by atoms with Gasteiger partial charge in [0.2, 0.25) is 5.91 Å². The van der Waals surface area contributed by atoms with E-state index in [2.05, 4.69) is 20.5 Å². The van der Waals surface area contributed by atoms with Crippen molar-refractivity contribution >= 4 is 22.4 Å². The number of amides is 1. The minimum Gasteiger partial charge on any atom is -0.313 e. The van der Waals surface area contributed by atoms with E-state index in [9.17, 15) is 4.79 Å². The second-order valence-electron chi connectivity index (χ2n) is 5.69. The monoisotopic (exact) mass is 294 g/mol. The summed E-state index contributed by atoms with van der Waals surface area (Å²) in [6, 6.07) is 1.16. The largest absolute Gasteiger partial charge is 0.313 e. The first kappa shape index (κ1) is 14.0. The van der Waals surface area contributed by atoms with Crippen LogP contribution in [0.15, 0.2) is 11.6 Å². The average molecular weight is 294 g/mol. The summed E-state index contributed by atoms with van der Waals surface area (Å²) in [4.78, 5) is 18.5. The molecule has 1 saturated carbocycles. The molecule has 1 unspecified atom stereocenters. The molecule has 0 bridgehead atoms. The van der Waals surface area contributed by atoms with Crippen LogP contribution in [0.3, 0.4) is 0 Å². The molecule has 2 N–H and O–H groups in total. The van der Waals surface area contributed by atoms with E-state index < -0.39 is 0 Å². The topological polar surface area (TPSA) is 57.3 Å². The molecule has 0 aromatic carbocycles. The van der Waals surface area contributed by atoms with Crippen LogP contribution in [0.5, 0.6) is 0 Å². The normalized spacial score (nSPS) is 22.9. The molecule has 0 radical (unpaired) electrons. The SMILES string of the molecule is O=C(CN(CC1CCCCN1)C1CC1)Nc1nccs1. The number of aromatic nitrogens is 1. The third kappa shape index (κ3) is 4.01. The lowest BCUT2D eigenvalue weighted by Gasteiger charge is -2.30. The van der Waals surface area contributed by atoms with Crippen LogP contribution in [0, 0.1) is 0 Å². The van der Waals surface area contributed by atoms with Gasteiger partial charge in [-0.05, 0) is 32.2 Å². The zero-order valence-electron chi connectivity index (χ0n) is 11.7.